The normalized spacial score (nSPS) is 12.4. The van der Waals surface area contributed by atoms with E-state index in [0.717, 1.165) is 9.26 Å². The van der Waals surface area contributed by atoms with E-state index in [4.69, 9.17) is 4.42 Å². The fraction of sp³-hybridized carbons (Fsp3) is 0.167. The van der Waals surface area contributed by atoms with Crippen LogP contribution in [0, 0.1) is 3.57 Å². The van der Waals surface area contributed by atoms with Crippen LogP contribution in [0.15, 0.2) is 47.1 Å². The van der Waals surface area contributed by atoms with Crippen LogP contribution in [0.4, 0.5) is 5.69 Å². The lowest BCUT2D eigenvalue weighted by Crippen LogP contribution is -2.12. The van der Waals surface area contributed by atoms with E-state index >= 15 is 0 Å². The third-order valence-corrected chi connectivity index (χ3v) is 3.17. The molecule has 3 nitrogen and oxygen atoms in total. The van der Waals surface area contributed by atoms with Gasteiger partial charge in [0.15, 0.2) is 0 Å². The zero-order valence-electron chi connectivity index (χ0n) is 8.56. The molecule has 1 aromatic heterocycles. The number of hydrogen-bond acceptors (Lipinski definition) is 3. The highest BCUT2D eigenvalue weighted by Crippen LogP contribution is 2.19. The molecular formula is C12H12INO2. The van der Waals surface area contributed by atoms with E-state index in [9.17, 15) is 5.11 Å². The number of aliphatic hydroxyl groups is 1. The second kappa shape index (κ2) is 5.36. The fourth-order valence-corrected chi connectivity index (χ4v) is 1.97. The van der Waals surface area contributed by atoms with Crippen molar-refractivity contribution >= 4 is 28.3 Å². The first-order valence-electron chi connectivity index (χ1n) is 4.97. The molecule has 1 heterocycles. The SMILES string of the molecule is OC(CNc1ccccc1I)c1ccco1. The Kier molecular flexibility index (Phi) is 3.84. The van der Waals surface area contributed by atoms with Gasteiger partial charge in [0.1, 0.15) is 11.9 Å². The van der Waals surface area contributed by atoms with Gasteiger partial charge in [-0.3, -0.25) is 0 Å². The molecule has 0 amide bonds. The summed E-state index contributed by atoms with van der Waals surface area (Å²) < 4.78 is 6.25. The molecule has 0 fully saturated rings. The third-order valence-electron chi connectivity index (χ3n) is 2.23. The molecule has 1 unspecified atom stereocenters. The molecule has 84 valence electrons. The minimum absolute atomic E-state index is 0.438. The minimum atomic E-state index is -0.619. The minimum Gasteiger partial charge on any atom is -0.467 e. The number of nitrogens with one attached hydrogen (secondary N) is 1. The fourth-order valence-electron chi connectivity index (χ4n) is 1.39. The predicted molar refractivity (Wildman–Crippen MR) is 71.3 cm³/mol. The van der Waals surface area contributed by atoms with Gasteiger partial charge in [0.25, 0.3) is 0 Å². The van der Waals surface area contributed by atoms with Gasteiger partial charge in [-0.15, -0.1) is 0 Å². The summed E-state index contributed by atoms with van der Waals surface area (Å²) in [5.41, 5.74) is 1.02. The molecule has 2 aromatic rings. The molecule has 0 radical (unpaired) electrons. The van der Waals surface area contributed by atoms with E-state index in [1.54, 1.807) is 18.4 Å². The van der Waals surface area contributed by atoms with E-state index in [-0.39, 0.29) is 0 Å². The van der Waals surface area contributed by atoms with Crippen molar-refractivity contribution in [1.82, 2.24) is 0 Å². The Morgan fingerprint density at radius 3 is 2.75 bits per heavy atom. The zero-order valence-corrected chi connectivity index (χ0v) is 10.7. The number of anilines is 1. The lowest BCUT2D eigenvalue weighted by molar-refractivity contribution is 0.162. The van der Waals surface area contributed by atoms with Crippen LogP contribution in [0.25, 0.3) is 0 Å². The van der Waals surface area contributed by atoms with Crippen LogP contribution in [-0.2, 0) is 0 Å². The standard InChI is InChI=1S/C12H12INO2/c13-9-4-1-2-5-10(9)14-8-11(15)12-6-3-7-16-12/h1-7,11,14-15H,8H2. The van der Waals surface area contributed by atoms with Crippen LogP contribution < -0.4 is 5.32 Å². The Bertz CT molecular complexity index is 442. The molecule has 0 spiro atoms. The van der Waals surface area contributed by atoms with Gasteiger partial charge in [-0.05, 0) is 46.9 Å². The average molecular weight is 329 g/mol. The molecule has 0 aliphatic rings. The zero-order chi connectivity index (χ0) is 11.4. The second-order valence-corrected chi connectivity index (χ2v) is 4.55. The van der Waals surface area contributed by atoms with Crippen LogP contribution >= 0.6 is 22.6 Å². The molecule has 0 saturated carbocycles. The first kappa shape index (κ1) is 11.5. The van der Waals surface area contributed by atoms with Crippen molar-refractivity contribution < 1.29 is 9.52 Å². The van der Waals surface area contributed by atoms with Crippen LogP contribution in [0.2, 0.25) is 0 Å². The summed E-state index contributed by atoms with van der Waals surface area (Å²) in [6.45, 7) is 0.438. The Labute approximate surface area is 108 Å². The Morgan fingerprint density at radius 1 is 1.25 bits per heavy atom. The van der Waals surface area contributed by atoms with Crippen molar-refractivity contribution in [3.05, 3.63) is 52.0 Å². The molecule has 2 N–H and O–H groups in total. The third kappa shape index (κ3) is 2.76. The summed E-state index contributed by atoms with van der Waals surface area (Å²) in [7, 11) is 0. The molecule has 2 rings (SSSR count). The summed E-state index contributed by atoms with van der Waals surface area (Å²) in [6, 6.07) is 11.5. The van der Waals surface area contributed by atoms with Crippen molar-refractivity contribution in [2.75, 3.05) is 11.9 Å². The van der Waals surface area contributed by atoms with Crippen molar-refractivity contribution in [2.24, 2.45) is 0 Å². The number of aliphatic hydroxyl groups excluding tert-OH is 1. The summed E-state index contributed by atoms with van der Waals surface area (Å²) in [6.07, 6.45) is 0.941. The van der Waals surface area contributed by atoms with Crippen molar-refractivity contribution in [2.45, 2.75) is 6.10 Å². The molecule has 1 aromatic carbocycles. The molecule has 0 bridgehead atoms. The summed E-state index contributed by atoms with van der Waals surface area (Å²) in [4.78, 5) is 0. The monoisotopic (exact) mass is 329 g/mol. The number of rotatable bonds is 4. The van der Waals surface area contributed by atoms with Crippen LogP contribution in [0.3, 0.4) is 0 Å². The van der Waals surface area contributed by atoms with Crippen LogP contribution in [0.1, 0.15) is 11.9 Å². The Hall–Kier alpha value is -1.01. The van der Waals surface area contributed by atoms with Crippen molar-refractivity contribution in [1.29, 1.82) is 0 Å². The van der Waals surface area contributed by atoms with E-state index in [1.165, 1.54) is 0 Å². The van der Waals surface area contributed by atoms with Gasteiger partial charge in [-0.1, -0.05) is 12.1 Å². The van der Waals surface area contributed by atoms with Crippen LogP contribution in [-0.4, -0.2) is 11.7 Å². The van der Waals surface area contributed by atoms with E-state index in [1.807, 2.05) is 24.3 Å². The molecular weight excluding hydrogens is 317 g/mol. The van der Waals surface area contributed by atoms with Gasteiger partial charge in [0, 0.05) is 15.8 Å². The first-order chi connectivity index (χ1) is 7.77. The lowest BCUT2D eigenvalue weighted by atomic mass is 10.2. The van der Waals surface area contributed by atoms with Gasteiger partial charge in [0.2, 0.25) is 0 Å². The van der Waals surface area contributed by atoms with E-state index in [2.05, 4.69) is 27.9 Å². The molecule has 0 aliphatic heterocycles. The lowest BCUT2D eigenvalue weighted by Gasteiger charge is -2.11. The quantitative estimate of drug-likeness (QED) is 0.848. The Balaban J connectivity index is 1.95. The predicted octanol–water partition coefficient (Wildman–Crippen LogP) is 3.03. The maximum atomic E-state index is 9.80. The van der Waals surface area contributed by atoms with Gasteiger partial charge >= 0.3 is 0 Å². The number of furan rings is 1. The molecule has 16 heavy (non-hydrogen) atoms. The molecule has 0 aliphatic carbocycles. The van der Waals surface area contributed by atoms with Gasteiger partial charge in [-0.2, -0.15) is 0 Å². The number of benzene rings is 1. The molecule has 1 atom stereocenters. The van der Waals surface area contributed by atoms with Crippen molar-refractivity contribution in [3.63, 3.8) is 0 Å². The maximum Gasteiger partial charge on any atom is 0.134 e. The van der Waals surface area contributed by atoms with Crippen molar-refractivity contribution in [3.8, 4) is 0 Å². The maximum absolute atomic E-state index is 9.80. The summed E-state index contributed by atoms with van der Waals surface area (Å²) >= 11 is 2.25. The highest BCUT2D eigenvalue weighted by Gasteiger charge is 2.10. The average Bonchev–Trinajstić information content (AvgIpc) is 2.81. The smallest absolute Gasteiger partial charge is 0.134 e. The number of halogens is 1. The van der Waals surface area contributed by atoms with Crippen LogP contribution in [0.5, 0.6) is 0 Å². The molecule has 0 saturated heterocycles. The van der Waals surface area contributed by atoms with Gasteiger partial charge in [0.05, 0.1) is 6.26 Å². The highest BCUT2D eigenvalue weighted by molar-refractivity contribution is 14.1. The second-order valence-electron chi connectivity index (χ2n) is 3.39. The van der Waals surface area contributed by atoms with Gasteiger partial charge in [-0.25, -0.2) is 0 Å². The highest BCUT2D eigenvalue weighted by atomic mass is 127. The largest absolute Gasteiger partial charge is 0.467 e. The topological polar surface area (TPSA) is 45.4 Å². The Morgan fingerprint density at radius 2 is 2.06 bits per heavy atom. The van der Waals surface area contributed by atoms with E-state index in [0.29, 0.717) is 12.3 Å². The molecule has 4 heteroatoms. The first-order valence-corrected chi connectivity index (χ1v) is 6.05. The van der Waals surface area contributed by atoms with E-state index < -0.39 is 6.10 Å². The summed E-state index contributed by atoms with van der Waals surface area (Å²) in [5.74, 6) is 0.582. The summed E-state index contributed by atoms with van der Waals surface area (Å²) in [5, 5.41) is 13.0. The number of hydrogen-bond donors (Lipinski definition) is 2. The van der Waals surface area contributed by atoms with Gasteiger partial charge < -0.3 is 14.8 Å². The number of para-hydroxylation sites is 1.